The SMILES string of the molecule is O=C(NCc1ccccn1)C1CC1C(=O)N1CCN(C(=O)c2ccco2)CC1. The van der Waals surface area contributed by atoms with Crippen molar-refractivity contribution in [2.45, 2.75) is 13.0 Å². The average molecular weight is 382 g/mol. The lowest BCUT2D eigenvalue weighted by molar-refractivity contribution is -0.136. The minimum Gasteiger partial charge on any atom is -0.459 e. The molecule has 1 N–H and O–H groups in total. The highest BCUT2D eigenvalue weighted by Gasteiger charge is 2.49. The number of amides is 3. The predicted octanol–water partition coefficient (Wildman–Crippen LogP) is 0.911. The monoisotopic (exact) mass is 382 g/mol. The van der Waals surface area contributed by atoms with E-state index in [1.165, 1.54) is 6.26 Å². The summed E-state index contributed by atoms with van der Waals surface area (Å²) < 4.78 is 5.15. The molecule has 28 heavy (non-hydrogen) atoms. The van der Waals surface area contributed by atoms with E-state index in [0.29, 0.717) is 44.9 Å². The van der Waals surface area contributed by atoms with Gasteiger partial charge in [0, 0.05) is 32.4 Å². The van der Waals surface area contributed by atoms with Gasteiger partial charge in [-0.15, -0.1) is 0 Å². The maximum absolute atomic E-state index is 12.7. The first-order chi connectivity index (χ1) is 13.6. The van der Waals surface area contributed by atoms with E-state index in [0.717, 1.165) is 5.69 Å². The van der Waals surface area contributed by atoms with Crippen LogP contribution in [0.25, 0.3) is 0 Å². The Bertz CT molecular complexity index is 844. The minimum absolute atomic E-state index is 0.00286. The van der Waals surface area contributed by atoms with Gasteiger partial charge in [-0.05, 0) is 30.7 Å². The zero-order chi connectivity index (χ0) is 19.5. The maximum Gasteiger partial charge on any atom is 0.289 e. The van der Waals surface area contributed by atoms with Crippen LogP contribution >= 0.6 is 0 Å². The van der Waals surface area contributed by atoms with Crippen molar-refractivity contribution in [1.82, 2.24) is 20.1 Å². The number of rotatable bonds is 5. The molecule has 2 aromatic rings. The van der Waals surface area contributed by atoms with Crippen molar-refractivity contribution >= 4 is 17.7 Å². The molecule has 4 rings (SSSR count). The Labute approximate surface area is 162 Å². The summed E-state index contributed by atoms with van der Waals surface area (Å²) in [4.78, 5) is 44.8. The number of pyridine rings is 1. The van der Waals surface area contributed by atoms with Crippen LogP contribution in [0.15, 0.2) is 47.2 Å². The minimum atomic E-state index is -0.265. The molecule has 0 spiro atoms. The Morgan fingerprint density at radius 1 is 1.04 bits per heavy atom. The summed E-state index contributed by atoms with van der Waals surface area (Å²) in [6, 6.07) is 8.85. The fraction of sp³-hybridized carbons (Fsp3) is 0.400. The molecule has 8 heteroatoms. The highest BCUT2D eigenvalue weighted by Crippen LogP contribution is 2.40. The van der Waals surface area contributed by atoms with Gasteiger partial charge in [0.1, 0.15) is 0 Å². The van der Waals surface area contributed by atoms with Crippen molar-refractivity contribution in [2.75, 3.05) is 26.2 Å². The fourth-order valence-electron chi connectivity index (χ4n) is 3.49. The van der Waals surface area contributed by atoms with Crippen molar-refractivity contribution < 1.29 is 18.8 Å². The first-order valence-electron chi connectivity index (χ1n) is 9.42. The van der Waals surface area contributed by atoms with Crippen molar-refractivity contribution in [3.63, 3.8) is 0 Å². The third-order valence-electron chi connectivity index (χ3n) is 5.22. The molecule has 146 valence electrons. The normalized spacial score (nSPS) is 21.3. The smallest absolute Gasteiger partial charge is 0.289 e. The lowest BCUT2D eigenvalue weighted by Gasteiger charge is -2.34. The summed E-state index contributed by atoms with van der Waals surface area (Å²) in [5, 5.41) is 2.85. The Morgan fingerprint density at radius 2 is 1.82 bits per heavy atom. The second-order valence-electron chi connectivity index (χ2n) is 7.08. The molecule has 1 saturated carbocycles. The highest BCUT2D eigenvalue weighted by atomic mass is 16.3. The number of furan rings is 1. The van der Waals surface area contributed by atoms with Crippen LogP contribution in [0.4, 0.5) is 0 Å². The van der Waals surface area contributed by atoms with Crippen molar-refractivity contribution in [3.05, 3.63) is 54.2 Å². The number of hydrogen-bond donors (Lipinski definition) is 1. The molecule has 1 aliphatic carbocycles. The molecule has 2 aromatic heterocycles. The first-order valence-corrected chi connectivity index (χ1v) is 9.42. The van der Waals surface area contributed by atoms with E-state index in [1.54, 1.807) is 28.1 Å². The summed E-state index contributed by atoms with van der Waals surface area (Å²) in [6.45, 7) is 2.25. The van der Waals surface area contributed by atoms with Crippen LogP contribution in [0.1, 0.15) is 22.7 Å². The molecule has 2 aliphatic rings. The van der Waals surface area contributed by atoms with E-state index in [9.17, 15) is 14.4 Å². The van der Waals surface area contributed by atoms with Gasteiger partial charge in [-0.1, -0.05) is 6.07 Å². The van der Waals surface area contributed by atoms with Crippen LogP contribution in [0.5, 0.6) is 0 Å². The molecule has 1 saturated heterocycles. The molecule has 1 aliphatic heterocycles. The standard InChI is InChI=1S/C20H22N4O4/c25-18(22-13-14-4-1-2-6-21-14)15-12-16(15)19(26)23-7-9-24(10-8-23)20(27)17-5-3-11-28-17/h1-6,11,15-16H,7-10,12-13H2,(H,22,25). The molecule has 0 aromatic carbocycles. The van der Waals surface area contributed by atoms with E-state index in [-0.39, 0.29) is 29.6 Å². The van der Waals surface area contributed by atoms with Crippen LogP contribution in [0.2, 0.25) is 0 Å². The Balaban J connectivity index is 1.23. The predicted molar refractivity (Wildman–Crippen MR) is 98.9 cm³/mol. The summed E-state index contributed by atoms with van der Waals surface area (Å²) in [6.07, 6.45) is 3.73. The molecule has 8 nitrogen and oxygen atoms in total. The van der Waals surface area contributed by atoms with E-state index in [2.05, 4.69) is 10.3 Å². The first kappa shape index (κ1) is 18.2. The topological polar surface area (TPSA) is 95.8 Å². The van der Waals surface area contributed by atoms with E-state index < -0.39 is 0 Å². The Kier molecular flexibility index (Phi) is 5.10. The number of hydrogen-bond acceptors (Lipinski definition) is 5. The van der Waals surface area contributed by atoms with Gasteiger partial charge in [-0.25, -0.2) is 0 Å². The van der Waals surface area contributed by atoms with Gasteiger partial charge in [0.2, 0.25) is 11.8 Å². The summed E-state index contributed by atoms with van der Waals surface area (Å²) >= 11 is 0. The van der Waals surface area contributed by atoms with Crippen molar-refractivity contribution in [2.24, 2.45) is 11.8 Å². The average Bonchev–Trinajstić information content (AvgIpc) is 3.36. The van der Waals surface area contributed by atoms with Crippen LogP contribution < -0.4 is 5.32 Å². The molecule has 3 amide bonds. The van der Waals surface area contributed by atoms with Crippen molar-refractivity contribution in [3.8, 4) is 0 Å². The molecular formula is C20H22N4O4. The molecule has 2 atom stereocenters. The quantitative estimate of drug-likeness (QED) is 0.829. The van der Waals surface area contributed by atoms with Crippen LogP contribution in [0.3, 0.4) is 0 Å². The largest absolute Gasteiger partial charge is 0.459 e. The van der Waals surface area contributed by atoms with Crippen LogP contribution in [-0.2, 0) is 16.1 Å². The van der Waals surface area contributed by atoms with Gasteiger partial charge in [-0.2, -0.15) is 0 Å². The number of aromatic nitrogens is 1. The number of carbonyl (C=O) groups is 3. The van der Waals surface area contributed by atoms with E-state index in [1.807, 2.05) is 18.2 Å². The van der Waals surface area contributed by atoms with Crippen LogP contribution in [-0.4, -0.2) is 58.7 Å². The second-order valence-corrected chi connectivity index (χ2v) is 7.08. The third kappa shape index (κ3) is 3.90. The van der Waals surface area contributed by atoms with Gasteiger partial charge in [0.15, 0.2) is 5.76 Å². The van der Waals surface area contributed by atoms with Gasteiger partial charge in [0.05, 0.1) is 30.3 Å². The molecular weight excluding hydrogens is 360 g/mol. The van der Waals surface area contributed by atoms with Gasteiger partial charge >= 0.3 is 0 Å². The lowest BCUT2D eigenvalue weighted by atomic mass is 10.2. The van der Waals surface area contributed by atoms with Gasteiger partial charge < -0.3 is 19.5 Å². The number of nitrogens with zero attached hydrogens (tertiary/aromatic N) is 3. The lowest BCUT2D eigenvalue weighted by Crippen LogP contribution is -2.51. The number of nitrogens with one attached hydrogen (secondary N) is 1. The number of carbonyl (C=O) groups excluding carboxylic acids is 3. The molecule has 0 bridgehead atoms. The maximum atomic E-state index is 12.7. The zero-order valence-corrected chi connectivity index (χ0v) is 15.4. The second kappa shape index (κ2) is 7.84. The van der Waals surface area contributed by atoms with Gasteiger partial charge in [0.25, 0.3) is 5.91 Å². The van der Waals surface area contributed by atoms with E-state index in [4.69, 9.17) is 4.42 Å². The summed E-state index contributed by atoms with van der Waals surface area (Å²) in [5.74, 6) is -0.462. The number of piperazine rings is 1. The Morgan fingerprint density at radius 3 is 2.50 bits per heavy atom. The van der Waals surface area contributed by atoms with E-state index >= 15 is 0 Å². The molecule has 0 radical (unpaired) electrons. The summed E-state index contributed by atoms with van der Waals surface area (Å²) in [5.41, 5.74) is 0.789. The van der Waals surface area contributed by atoms with Gasteiger partial charge in [-0.3, -0.25) is 19.4 Å². The highest BCUT2D eigenvalue weighted by molar-refractivity contribution is 5.93. The fourth-order valence-corrected chi connectivity index (χ4v) is 3.49. The Hall–Kier alpha value is -3.16. The zero-order valence-electron chi connectivity index (χ0n) is 15.4. The van der Waals surface area contributed by atoms with Crippen molar-refractivity contribution in [1.29, 1.82) is 0 Å². The molecule has 2 unspecified atom stereocenters. The summed E-state index contributed by atoms with van der Waals surface area (Å²) in [7, 11) is 0. The third-order valence-corrected chi connectivity index (χ3v) is 5.22. The molecule has 2 fully saturated rings. The molecule has 3 heterocycles. The van der Waals surface area contributed by atoms with Crippen LogP contribution in [0, 0.1) is 11.8 Å².